The topological polar surface area (TPSA) is 57.6 Å². The number of rotatable bonds is 7. The highest BCUT2D eigenvalue weighted by atomic mass is 32.2. The van der Waals surface area contributed by atoms with E-state index in [0.29, 0.717) is 0 Å². The van der Waals surface area contributed by atoms with Crippen LogP contribution in [0.2, 0.25) is 0 Å². The molecule has 2 aromatic carbocycles. The molecular weight excluding hydrogens is 436 g/mol. The Morgan fingerprint density at radius 3 is 1.87 bits per heavy atom. The van der Waals surface area contributed by atoms with Crippen LogP contribution in [0.4, 0.5) is 32.0 Å². The highest BCUT2D eigenvalue weighted by Gasteiger charge is 2.54. The lowest BCUT2D eigenvalue weighted by molar-refractivity contribution is -0.269. The van der Waals surface area contributed by atoms with Crippen molar-refractivity contribution in [1.29, 1.82) is 0 Å². The average Bonchev–Trinajstić information content (AvgIpc) is 2.65. The van der Waals surface area contributed by atoms with Gasteiger partial charge in [-0.25, -0.2) is 8.42 Å². The van der Waals surface area contributed by atoms with Crippen molar-refractivity contribution in [2.24, 2.45) is 0 Å². The van der Waals surface area contributed by atoms with Crippen molar-refractivity contribution in [2.45, 2.75) is 42.6 Å². The van der Waals surface area contributed by atoms with Crippen LogP contribution in [0.25, 0.3) is 0 Å². The lowest BCUT2D eigenvalue weighted by Gasteiger charge is -2.31. The molecule has 2 rings (SSSR count). The van der Waals surface area contributed by atoms with E-state index in [2.05, 4.69) is 0 Å². The van der Waals surface area contributed by atoms with E-state index in [1.54, 1.807) is 0 Å². The number of halogens is 6. The zero-order valence-electron chi connectivity index (χ0n) is 15.7. The molecule has 0 radical (unpaired) electrons. The molecule has 0 aliphatic heterocycles. The van der Waals surface area contributed by atoms with Gasteiger partial charge in [0.05, 0.1) is 10.6 Å². The highest BCUT2D eigenvalue weighted by molar-refractivity contribution is 7.92. The molecule has 166 valence electrons. The number of nitrogens with zero attached hydrogens (tertiary/aromatic N) is 1. The van der Waals surface area contributed by atoms with Crippen LogP contribution in [0.5, 0.6) is 0 Å². The van der Waals surface area contributed by atoms with Gasteiger partial charge in [0.15, 0.2) is 5.60 Å². The number of anilines is 1. The maximum atomic E-state index is 13.4. The van der Waals surface area contributed by atoms with Crippen LogP contribution in [0, 0.1) is 0 Å². The molecule has 0 heterocycles. The zero-order chi connectivity index (χ0) is 22.8. The van der Waals surface area contributed by atoms with Gasteiger partial charge >= 0.3 is 12.4 Å². The molecule has 0 amide bonds. The lowest BCUT2D eigenvalue weighted by Crippen LogP contribution is -2.42. The predicted octanol–water partition coefficient (Wildman–Crippen LogP) is 4.99. The SMILES string of the molecule is CCCC(O)(c1ccc(N(CC(F)(F)F)S(=O)(=O)c2ccccc2)cc1)C(F)(F)F. The Kier molecular flexibility index (Phi) is 6.77. The van der Waals surface area contributed by atoms with Crippen LogP contribution < -0.4 is 4.31 Å². The summed E-state index contributed by atoms with van der Waals surface area (Å²) in [5.41, 5.74) is -4.28. The van der Waals surface area contributed by atoms with E-state index in [1.807, 2.05) is 0 Å². The fraction of sp³-hybridized carbons (Fsp3) is 0.368. The minimum Gasteiger partial charge on any atom is -0.376 e. The molecule has 0 bridgehead atoms. The Morgan fingerprint density at radius 2 is 1.43 bits per heavy atom. The summed E-state index contributed by atoms with van der Waals surface area (Å²) in [6.45, 7) is -0.440. The van der Waals surface area contributed by atoms with Crippen molar-refractivity contribution >= 4 is 15.7 Å². The molecule has 4 nitrogen and oxygen atoms in total. The van der Waals surface area contributed by atoms with Crippen molar-refractivity contribution in [2.75, 3.05) is 10.8 Å². The summed E-state index contributed by atoms with van der Waals surface area (Å²) in [4.78, 5) is -0.406. The minimum absolute atomic E-state index is 0.0135. The van der Waals surface area contributed by atoms with Crippen molar-refractivity contribution < 1.29 is 39.9 Å². The molecular formula is C19H19F6NO3S. The first-order valence-corrected chi connectivity index (χ1v) is 10.2. The van der Waals surface area contributed by atoms with E-state index >= 15 is 0 Å². The van der Waals surface area contributed by atoms with Gasteiger partial charge in [0.25, 0.3) is 10.0 Å². The van der Waals surface area contributed by atoms with Crippen LogP contribution >= 0.6 is 0 Å². The van der Waals surface area contributed by atoms with Crippen molar-refractivity contribution in [3.8, 4) is 0 Å². The fourth-order valence-corrected chi connectivity index (χ4v) is 4.38. The normalized spacial score (nSPS) is 14.9. The Bertz CT molecular complexity index is 943. The maximum absolute atomic E-state index is 13.4. The van der Waals surface area contributed by atoms with Crippen molar-refractivity contribution in [1.82, 2.24) is 0 Å². The molecule has 0 aromatic heterocycles. The summed E-state index contributed by atoms with van der Waals surface area (Å²) in [7, 11) is -4.65. The quantitative estimate of drug-likeness (QED) is 0.599. The third-order valence-electron chi connectivity index (χ3n) is 4.37. The Balaban J connectivity index is 2.54. The van der Waals surface area contributed by atoms with Crippen LogP contribution in [0.1, 0.15) is 25.3 Å². The molecule has 0 saturated heterocycles. The third kappa shape index (κ3) is 5.07. The number of hydrogen-bond acceptors (Lipinski definition) is 3. The van der Waals surface area contributed by atoms with E-state index in [9.17, 15) is 39.9 Å². The summed E-state index contributed by atoms with van der Waals surface area (Å²) in [5.74, 6) is 0. The smallest absolute Gasteiger partial charge is 0.376 e. The van der Waals surface area contributed by atoms with Gasteiger partial charge in [-0.05, 0) is 36.2 Å². The van der Waals surface area contributed by atoms with Crippen LogP contribution in [-0.4, -0.2) is 32.4 Å². The second-order valence-electron chi connectivity index (χ2n) is 6.59. The Morgan fingerprint density at radius 1 is 0.900 bits per heavy atom. The van der Waals surface area contributed by atoms with E-state index in [4.69, 9.17) is 0 Å². The highest BCUT2D eigenvalue weighted by Crippen LogP contribution is 2.43. The lowest BCUT2D eigenvalue weighted by atomic mass is 9.88. The maximum Gasteiger partial charge on any atom is 0.421 e. The van der Waals surface area contributed by atoms with Gasteiger partial charge in [0.1, 0.15) is 6.54 Å². The average molecular weight is 455 g/mol. The molecule has 1 atom stereocenters. The van der Waals surface area contributed by atoms with Gasteiger partial charge in [-0.2, -0.15) is 26.3 Å². The van der Waals surface area contributed by atoms with Gasteiger partial charge in [0, 0.05) is 0 Å². The molecule has 2 aromatic rings. The Hall–Kier alpha value is -2.27. The number of aliphatic hydroxyl groups is 1. The van der Waals surface area contributed by atoms with Crippen LogP contribution in [-0.2, 0) is 15.6 Å². The summed E-state index contributed by atoms with van der Waals surface area (Å²) >= 11 is 0. The van der Waals surface area contributed by atoms with E-state index in [0.717, 1.165) is 36.4 Å². The molecule has 1 unspecified atom stereocenters. The summed E-state index contributed by atoms with van der Waals surface area (Å²) in [6.07, 6.45) is -10.6. The van der Waals surface area contributed by atoms with Crippen LogP contribution in [0.3, 0.4) is 0 Å². The number of sulfonamides is 1. The summed E-state index contributed by atoms with van der Waals surface area (Å²) < 4.78 is 105. The zero-order valence-corrected chi connectivity index (χ0v) is 16.5. The largest absolute Gasteiger partial charge is 0.421 e. The summed E-state index contributed by atoms with van der Waals surface area (Å²) in [6, 6.07) is 9.54. The monoisotopic (exact) mass is 455 g/mol. The van der Waals surface area contributed by atoms with Crippen LogP contribution in [0.15, 0.2) is 59.5 Å². The fourth-order valence-electron chi connectivity index (χ4n) is 2.91. The van der Waals surface area contributed by atoms with Gasteiger partial charge < -0.3 is 5.11 Å². The van der Waals surface area contributed by atoms with E-state index in [1.165, 1.54) is 25.1 Å². The number of alkyl halides is 6. The second-order valence-corrected chi connectivity index (χ2v) is 8.46. The van der Waals surface area contributed by atoms with Gasteiger partial charge in [-0.3, -0.25) is 4.31 Å². The first-order chi connectivity index (χ1) is 13.7. The van der Waals surface area contributed by atoms with E-state index < -0.39 is 57.1 Å². The molecule has 0 aliphatic rings. The van der Waals surface area contributed by atoms with E-state index in [-0.39, 0.29) is 10.7 Å². The van der Waals surface area contributed by atoms with Gasteiger partial charge in [0.2, 0.25) is 0 Å². The number of benzene rings is 2. The molecule has 30 heavy (non-hydrogen) atoms. The molecule has 11 heteroatoms. The first-order valence-electron chi connectivity index (χ1n) is 8.76. The molecule has 0 fully saturated rings. The molecule has 0 saturated carbocycles. The predicted molar refractivity (Wildman–Crippen MR) is 98.3 cm³/mol. The summed E-state index contributed by atoms with van der Waals surface area (Å²) in [5, 5.41) is 10.1. The van der Waals surface area contributed by atoms with Crippen molar-refractivity contribution in [3.63, 3.8) is 0 Å². The number of hydrogen-bond donors (Lipinski definition) is 1. The molecule has 0 spiro atoms. The van der Waals surface area contributed by atoms with Crippen molar-refractivity contribution in [3.05, 3.63) is 60.2 Å². The second kappa shape index (κ2) is 8.46. The van der Waals surface area contributed by atoms with Gasteiger partial charge in [-0.15, -0.1) is 0 Å². The molecule has 1 N–H and O–H groups in total. The standard InChI is InChI=1S/C19H19F6NO3S/c1-2-12-17(27,19(23,24)25)14-8-10-15(11-9-14)26(13-18(20,21)22)30(28,29)16-6-4-3-5-7-16/h3-11,27H,2,12-13H2,1H3. The minimum atomic E-state index is -5.02. The van der Waals surface area contributed by atoms with Gasteiger partial charge in [-0.1, -0.05) is 43.7 Å². The first kappa shape index (κ1) is 24.0. The molecule has 0 aliphatic carbocycles. The Labute approximate surface area is 169 Å². The third-order valence-corrected chi connectivity index (χ3v) is 6.16.